The van der Waals surface area contributed by atoms with Gasteiger partial charge < -0.3 is 28.5 Å². The third-order valence-corrected chi connectivity index (χ3v) is 19.8. The lowest BCUT2D eigenvalue weighted by Crippen LogP contribution is -2.66. The third-order valence-electron chi connectivity index (χ3n) is 9.76. The van der Waals surface area contributed by atoms with E-state index in [1.807, 2.05) is 48.6 Å². The van der Waals surface area contributed by atoms with Crippen LogP contribution in [0.15, 0.2) is 121 Å². The lowest BCUT2D eigenvalue weighted by atomic mass is 9.93. The standard InChI is InChI=1S/C41H59O9PSi2/c1-39(2,3)52(8,9)50-34(32-37(49-51(44,45)46)41(7,43)30-29-33-23-21-28-38(42)48-33)22-15-11-10-12-20-31-47-53(40(4,5)6,35-24-16-13-17-25-35)36-26-18-14-19-27-36/h10-22,24-30,33-34,37,43H,23,31-32H2,1-9H3,(H2,44,45,46)/b11-10-,20-12+,22-15-,30-29+/t33-,34+,37-,41-/m1/s1. The Morgan fingerprint density at radius 3 is 1.96 bits per heavy atom. The lowest BCUT2D eigenvalue weighted by molar-refractivity contribution is -0.141. The van der Waals surface area contributed by atoms with E-state index in [1.165, 1.54) is 35.5 Å². The van der Waals surface area contributed by atoms with Crippen molar-refractivity contribution in [2.75, 3.05) is 6.61 Å². The van der Waals surface area contributed by atoms with Gasteiger partial charge in [-0.1, -0.05) is 151 Å². The van der Waals surface area contributed by atoms with Gasteiger partial charge in [0.25, 0.3) is 8.32 Å². The molecule has 2 aromatic rings. The van der Waals surface area contributed by atoms with Gasteiger partial charge in [0.2, 0.25) is 0 Å². The van der Waals surface area contributed by atoms with E-state index < -0.39 is 54.3 Å². The predicted octanol–water partition coefficient (Wildman–Crippen LogP) is 7.67. The summed E-state index contributed by atoms with van der Waals surface area (Å²) in [6.45, 7) is 19.0. The van der Waals surface area contributed by atoms with Crippen LogP contribution in [-0.4, -0.2) is 68.0 Å². The molecule has 0 spiro atoms. The normalized spacial score (nSPS) is 18.9. The Kier molecular flexibility index (Phi) is 15.6. The number of hydrogen-bond donors (Lipinski definition) is 3. The van der Waals surface area contributed by atoms with E-state index in [2.05, 4.69) is 103 Å². The number of phosphoric ester groups is 1. The maximum absolute atomic E-state index is 12.1. The smallest absolute Gasteiger partial charge is 0.455 e. The third kappa shape index (κ3) is 13.1. The van der Waals surface area contributed by atoms with Crippen LogP contribution >= 0.6 is 7.82 Å². The molecule has 3 rings (SSSR count). The van der Waals surface area contributed by atoms with Crippen molar-refractivity contribution in [3.8, 4) is 0 Å². The first kappa shape index (κ1) is 44.4. The van der Waals surface area contributed by atoms with Crippen LogP contribution in [0.3, 0.4) is 0 Å². The fourth-order valence-electron chi connectivity index (χ4n) is 5.93. The number of aliphatic hydroxyl groups is 1. The van der Waals surface area contributed by atoms with E-state index in [-0.39, 0.29) is 16.5 Å². The van der Waals surface area contributed by atoms with Gasteiger partial charge in [0.05, 0.1) is 12.7 Å². The van der Waals surface area contributed by atoms with Crippen LogP contribution in [0.4, 0.5) is 0 Å². The van der Waals surface area contributed by atoms with Crippen molar-refractivity contribution in [1.82, 2.24) is 0 Å². The molecule has 0 aromatic heterocycles. The zero-order valence-corrected chi connectivity index (χ0v) is 35.5. The molecule has 1 aliphatic heterocycles. The summed E-state index contributed by atoms with van der Waals surface area (Å²) in [7, 11) is -10.1. The number of rotatable bonds is 17. The van der Waals surface area contributed by atoms with Gasteiger partial charge in [0.1, 0.15) is 17.8 Å². The highest BCUT2D eigenvalue weighted by Gasteiger charge is 2.50. The fourth-order valence-corrected chi connectivity index (χ4v) is 12.4. The zero-order chi connectivity index (χ0) is 39.6. The van der Waals surface area contributed by atoms with Crippen molar-refractivity contribution >= 4 is 40.8 Å². The van der Waals surface area contributed by atoms with E-state index in [0.717, 1.165) is 0 Å². The van der Waals surface area contributed by atoms with Crippen LogP contribution in [-0.2, 0) is 27.5 Å². The molecule has 0 aliphatic carbocycles. The Morgan fingerprint density at radius 2 is 1.45 bits per heavy atom. The molecule has 53 heavy (non-hydrogen) atoms. The molecule has 0 radical (unpaired) electrons. The molecule has 4 atom stereocenters. The highest BCUT2D eigenvalue weighted by atomic mass is 31.2. The Labute approximate surface area is 318 Å². The van der Waals surface area contributed by atoms with Crippen molar-refractivity contribution in [2.24, 2.45) is 0 Å². The van der Waals surface area contributed by atoms with Gasteiger partial charge in [0.15, 0.2) is 8.32 Å². The highest BCUT2D eigenvalue weighted by Crippen LogP contribution is 2.43. The quantitative estimate of drug-likeness (QED) is 0.0487. The second-order valence-corrected chi connectivity index (χ2v) is 26.4. The maximum Gasteiger partial charge on any atom is 0.469 e. The number of cyclic esters (lactones) is 1. The molecular weight excluding hydrogens is 724 g/mol. The molecule has 290 valence electrons. The summed E-state index contributed by atoms with van der Waals surface area (Å²) in [4.78, 5) is 31.3. The second kappa shape index (κ2) is 18.6. The van der Waals surface area contributed by atoms with Crippen molar-refractivity contribution in [3.05, 3.63) is 121 Å². The van der Waals surface area contributed by atoms with E-state index in [4.69, 9.17) is 18.1 Å². The minimum absolute atomic E-state index is 0.0637. The largest absolute Gasteiger partial charge is 0.469 e. The molecule has 0 fully saturated rings. The zero-order valence-electron chi connectivity index (χ0n) is 32.6. The Morgan fingerprint density at radius 1 is 0.887 bits per heavy atom. The number of esters is 1. The summed E-state index contributed by atoms with van der Waals surface area (Å²) in [6, 6.07) is 21.0. The number of carbonyl (C=O) groups is 1. The fraction of sp³-hybridized carbons (Fsp3) is 0.439. The molecule has 1 heterocycles. The maximum atomic E-state index is 12.1. The molecule has 0 unspecified atom stereocenters. The SMILES string of the molecule is CC(C)(C)[Si](C)(C)O[C@@H](\C=C/C=C\C=C\CO[Si](c1ccccc1)(c1ccccc1)C(C)(C)C)C[C@@H](OP(=O)(O)O)[C@](C)(O)/C=C/[C@H]1CC=CC(=O)O1. The minimum Gasteiger partial charge on any atom is -0.455 e. The number of carbonyl (C=O) groups excluding carboxylic acids is 1. The molecular formula is C41H59O9PSi2. The summed E-state index contributed by atoms with van der Waals surface area (Å²) in [5.74, 6) is -0.504. The Hall–Kier alpha value is -2.97. The summed E-state index contributed by atoms with van der Waals surface area (Å²) in [5, 5.41) is 13.6. The molecule has 0 saturated carbocycles. The molecule has 2 aromatic carbocycles. The van der Waals surface area contributed by atoms with Crippen LogP contribution in [0, 0.1) is 0 Å². The van der Waals surface area contributed by atoms with Crippen molar-refractivity contribution in [2.45, 2.75) is 108 Å². The molecule has 12 heteroatoms. The monoisotopic (exact) mass is 782 g/mol. The number of benzene rings is 2. The lowest BCUT2D eigenvalue weighted by Gasteiger charge is -2.42. The highest BCUT2D eigenvalue weighted by molar-refractivity contribution is 7.46. The topological polar surface area (TPSA) is 132 Å². The first-order chi connectivity index (χ1) is 24.6. The molecule has 0 bridgehead atoms. The van der Waals surface area contributed by atoms with E-state index >= 15 is 0 Å². The van der Waals surface area contributed by atoms with Crippen LogP contribution in [0.25, 0.3) is 0 Å². The summed E-state index contributed by atoms with van der Waals surface area (Å²) >= 11 is 0. The average molecular weight is 783 g/mol. The van der Waals surface area contributed by atoms with E-state index in [9.17, 15) is 24.3 Å². The van der Waals surface area contributed by atoms with Gasteiger partial charge in [-0.25, -0.2) is 9.36 Å². The summed E-state index contributed by atoms with van der Waals surface area (Å²) in [6.07, 6.45) is 14.8. The predicted molar refractivity (Wildman–Crippen MR) is 218 cm³/mol. The number of ether oxygens (including phenoxy) is 1. The Balaban J connectivity index is 1.83. The van der Waals surface area contributed by atoms with E-state index in [0.29, 0.717) is 13.0 Å². The van der Waals surface area contributed by atoms with Crippen LogP contribution in [0.2, 0.25) is 23.2 Å². The van der Waals surface area contributed by atoms with Gasteiger partial charge >= 0.3 is 13.8 Å². The summed E-state index contributed by atoms with van der Waals surface area (Å²) < 4.78 is 36.2. The van der Waals surface area contributed by atoms with Crippen molar-refractivity contribution in [1.29, 1.82) is 0 Å². The van der Waals surface area contributed by atoms with Gasteiger partial charge in [-0.05, 0) is 46.5 Å². The molecule has 0 amide bonds. The van der Waals surface area contributed by atoms with E-state index in [1.54, 1.807) is 6.08 Å². The van der Waals surface area contributed by atoms with Crippen LogP contribution in [0.1, 0.15) is 61.3 Å². The van der Waals surface area contributed by atoms with Gasteiger partial charge in [0, 0.05) is 18.9 Å². The summed E-state index contributed by atoms with van der Waals surface area (Å²) in [5.41, 5.74) is -1.85. The van der Waals surface area contributed by atoms with Crippen LogP contribution < -0.4 is 10.4 Å². The average Bonchev–Trinajstić information content (AvgIpc) is 3.05. The molecule has 0 saturated heterocycles. The van der Waals surface area contributed by atoms with Crippen LogP contribution in [0.5, 0.6) is 0 Å². The first-order valence-corrected chi connectivity index (χ1v) is 24.4. The number of hydrogen-bond acceptors (Lipinski definition) is 7. The first-order valence-electron chi connectivity index (χ1n) is 18.0. The Bertz CT molecular complexity index is 1620. The molecule has 1 aliphatic rings. The number of phosphoric acid groups is 1. The van der Waals surface area contributed by atoms with Gasteiger partial charge in [-0.2, -0.15) is 0 Å². The van der Waals surface area contributed by atoms with Gasteiger partial charge in [-0.3, -0.25) is 4.52 Å². The van der Waals surface area contributed by atoms with Crippen molar-refractivity contribution in [3.63, 3.8) is 0 Å². The second-order valence-electron chi connectivity index (χ2n) is 16.1. The van der Waals surface area contributed by atoms with Crippen molar-refractivity contribution < 1.29 is 42.4 Å². The van der Waals surface area contributed by atoms with Gasteiger partial charge in [-0.15, -0.1) is 0 Å². The molecule has 3 N–H and O–H groups in total. The molecule has 9 nitrogen and oxygen atoms in total. The number of allylic oxidation sites excluding steroid dienone is 4. The minimum atomic E-state index is -5.02.